The van der Waals surface area contributed by atoms with Crippen LogP contribution in [0.1, 0.15) is 11.1 Å². The number of carbonyl (C=O) groups is 1. The summed E-state index contributed by atoms with van der Waals surface area (Å²) in [6, 6.07) is 22.1. The van der Waals surface area contributed by atoms with Gasteiger partial charge in [0.15, 0.2) is 0 Å². The monoisotopic (exact) mass is 571 g/mol. The third kappa shape index (κ3) is 5.12. The molecular weight excluding hydrogens is 545 g/mol. The number of pyridine rings is 1. The minimum Gasteiger partial charge on any atom is -0.366 e. The Hall–Kier alpha value is -4.02. The number of thioether (sulfide) groups is 1. The number of thiocarbonyl (C=S) groups is 1. The van der Waals surface area contributed by atoms with Gasteiger partial charge >= 0.3 is 0 Å². The predicted molar refractivity (Wildman–Crippen MR) is 162 cm³/mol. The maximum Gasteiger partial charge on any atom is 0.267 e. The summed E-state index contributed by atoms with van der Waals surface area (Å²) >= 11 is 6.75. The van der Waals surface area contributed by atoms with Crippen molar-refractivity contribution >= 4 is 57.4 Å². The van der Waals surface area contributed by atoms with Gasteiger partial charge in [-0.05, 0) is 42.3 Å². The summed E-state index contributed by atoms with van der Waals surface area (Å²) in [7, 11) is 0. The summed E-state index contributed by atoms with van der Waals surface area (Å²) in [5, 5.41) is 0. The molecule has 10 heteroatoms. The lowest BCUT2D eigenvalue weighted by atomic mass is 10.1. The van der Waals surface area contributed by atoms with Gasteiger partial charge in [-0.25, -0.2) is 9.37 Å². The SMILES string of the molecule is O=C1C(=Cc2c(N3CCN(c4ccccc4F)CC3)nc3ccccn3c2=O)SC(=S)N1CCc1ccccc1. The van der Waals surface area contributed by atoms with Crippen LogP contribution in [0.2, 0.25) is 0 Å². The largest absolute Gasteiger partial charge is 0.366 e. The van der Waals surface area contributed by atoms with Crippen LogP contribution in [0, 0.1) is 5.82 Å². The number of para-hydroxylation sites is 1. The Morgan fingerprint density at radius 2 is 1.60 bits per heavy atom. The van der Waals surface area contributed by atoms with Crippen LogP contribution in [0.15, 0.2) is 88.7 Å². The van der Waals surface area contributed by atoms with Crippen LogP contribution in [-0.4, -0.2) is 57.2 Å². The van der Waals surface area contributed by atoms with Gasteiger partial charge < -0.3 is 9.80 Å². The fraction of sp³-hybridized carbons (Fsp3) is 0.200. The number of amides is 1. The Labute approximate surface area is 240 Å². The van der Waals surface area contributed by atoms with E-state index >= 15 is 0 Å². The predicted octanol–water partition coefficient (Wildman–Crippen LogP) is 4.60. The fourth-order valence-electron chi connectivity index (χ4n) is 5.04. The summed E-state index contributed by atoms with van der Waals surface area (Å²) in [6.45, 7) is 2.69. The quantitative estimate of drug-likeness (QED) is 0.248. The van der Waals surface area contributed by atoms with Crippen LogP contribution in [0.3, 0.4) is 0 Å². The molecule has 0 N–H and O–H groups in total. The highest BCUT2D eigenvalue weighted by atomic mass is 32.2. The number of benzene rings is 2. The minimum atomic E-state index is -0.258. The molecule has 0 unspecified atom stereocenters. The van der Waals surface area contributed by atoms with Gasteiger partial charge in [-0.3, -0.25) is 18.9 Å². The lowest BCUT2D eigenvalue weighted by molar-refractivity contribution is -0.122. The van der Waals surface area contributed by atoms with E-state index in [2.05, 4.69) is 0 Å². The first-order chi connectivity index (χ1) is 19.5. The molecule has 1 amide bonds. The summed E-state index contributed by atoms with van der Waals surface area (Å²) in [5.74, 6) is 0.0470. The molecule has 6 rings (SSSR count). The molecule has 2 aliphatic rings. The Morgan fingerprint density at radius 3 is 2.38 bits per heavy atom. The molecule has 0 spiro atoms. The van der Waals surface area contributed by atoms with Crippen molar-refractivity contribution in [3.63, 3.8) is 0 Å². The third-order valence-electron chi connectivity index (χ3n) is 7.14. The van der Waals surface area contributed by atoms with Crippen LogP contribution in [0.5, 0.6) is 0 Å². The van der Waals surface area contributed by atoms with Gasteiger partial charge in [-0.15, -0.1) is 0 Å². The van der Waals surface area contributed by atoms with Crippen LogP contribution in [-0.2, 0) is 11.2 Å². The Kier molecular flexibility index (Phi) is 7.36. The van der Waals surface area contributed by atoms with E-state index in [0.717, 1.165) is 5.56 Å². The summed E-state index contributed by atoms with van der Waals surface area (Å²) in [6.07, 6.45) is 3.99. The molecule has 202 valence electrons. The van der Waals surface area contributed by atoms with Crippen LogP contribution in [0.4, 0.5) is 15.9 Å². The van der Waals surface area contributed by atoms with E-state index in [9.17, 15) is 14.0 Å². The van der Waals surface area contributed by atoms with E-state index < -0.39 is 0 Å². The molecule has 2 aliphatic heterocycles. The van der Waals surface area contributed by atoms with Crippen LogP contribution >= 0.6 is 24.0 Å². The van der Waals surface area contributed by atoms with Gasteiger partial charge in [-0.2, -0.15) is 0 Å². The first-order valence-corrected chi connectivity index (χ1v) is 14.3. The average Bonchev–Trinajstić information content (AvgIpc) is 3.25. The molecule has 4 aromatic rings. The summed E-state index contributed by atoms with van der Waals surface area (Å²) < 4.78 is 16.4. The molecule has 0 bridgehead atoms. The lowest BCUT2D eigenvalue weighted by Gasteiger charge is -2.37. The molecule has 0 saturated carbocycles. The van der Waals surface area contributed by atoms with E-state index in [4.69, 9.17) is 17.2 Å². The van der Waals surface area contributed by atoms with E-state index in [1.54, 1.807) is 41.4 Å². The lowest BCUT2D eigenvalue weighted by Crippen LogP contribution is -2.47. The molecule has 40 heavy (non-hydrogen) atoms. The normalized spacial score (nSPS) is 16.9. The van der Waals surface area contributed by atoms with Gasteiger partial charge in [-0.1, -0.05) is 72.5 Å². The zero-order valence-electron chi connectivity index (χ0n) is 21.6. The second kappa shape index (κ2) is 11.2. The highest BCUT2D eigenvalue weighted by Gasteiger charge is 2.33. The van der Waals surface area contributed by atoms with Crippen molar-refractivity contribution < 1.29 is 9.18 Å². The second-order valence-corrected chi connectivity index (χ2v) is 11.3. The molecule has 0 aliphatic carbocycles. The first-order valence-electron chi connectivity index (χ1n) is 13.0. The number of piperazine rings is 1. The Bertz CT molecular complexity index is 1680. The van der Waals surface area contributed by atoms with Gasteiger partial charge in [0.25, 0.3) is 11.5 Å². The second-order valence-electron chi connectivity index (χ2n) is 9.58. The van der Waals surface area contributed by atoms with E-state index in [0.29, 0.717) is 71.1 Å². The van der Waals surface area contributed by atoms with Crippen molar-refractivity contribution in [3.05, 3.63) is 111 Å². The molecule has 7 nitrogen and oxygen atoms in total. The topological polar surface area (TPSA) is 61.2 Å². The molecule has 0 atom stereocenters. The average molecular weight is 572 g/mol. The van der Waals surface area contributed by atoms with Crippen molar-refractivity contribution in [2.45, 2.75) is 6.42 Å². The molecule has 2 aromatic heterocycles. The highest BCUT2D eigenvalue weighted by Crippen LogP contribution is 2.34. The molecule has 2 aromatic carbocycles. The molecule has 2 fully saturated rings. The van der Waals surface area contributed by atoms with Crippen LogP contribution < -0.4 is 15.4 Å². The Morgan fingerprint density at radius 1 is 0.900 bits per heavy atom. The number of aromatic nitrogens is 2. The maximum absolute atomic E-state index is 14.4. The summed E-state index contributed by atoms with van der Waals surface area (Å²) in [4.78, 5) is 38.0. The number of anilines is 2. The standard InChI is InChI=1S/C30H26FN5O2S2/c31-23-10-4-5-11-24(23)33-16-18-34(19-17-33)27-22(28(37)35-14-7-6-12-26(35)32-27)20-25-29(38)36(30(39)40-25)15-13-21-8-2-1-3-9-21/h1-12,14,20H,13,15-19H2. The van der Waals surface area contributed by atoms with E-state index in [-0.39, 0.29) is 17.3 Å². The molecule has 2 saturated heterocycles. The minimum absolute atomic E-state index is 0.209. The van der Waals surface area contributed by atoms with Crippen molar-refractivity contribution in [2.75, 3.05) is 42.5 Å². The number of hydrogen-bond donors (Lipinski definition) is 0. The third-order valence-corrected chi connectivity index (χ3v) is 8.51. The van der Waals surface area contributed by atoms with Gasteiger partial charge in [0.1, 0.15) is 21.6 Å². The zero-order chi connectivity index (χ0) is 27.6. The highest BCUT2D eigenvalue weighted by molar-refractivity contribution is 8.26. The fourth-order valence-corrected chi connectivity index (χ4v) is 6.33. The molecule has 4 heterocycles. The maximum atomic E-state index is 14.4. The number of carbonyl (C=O) groups excluding carboxylic acids is 1. The van der Waals surface area contributed by atoms with Gasteiger partial charge in [0.05, 0.1) is 16.2 Å². The van der Waals surface area contributed by atoms with Gasteiger partial charge in [0, 0.05) is 38.9 Å². The summed E-state index contributed by atoms with van der Waals surface area (Å²) in [5.41, 5.74) is 2.28. The van der Waals surface area contributed by atoms with Crippen molar-refractivity contribution in [1.82, 2.24) is 14.3 Å². The molecular formula is C30H26FN5O2S2. The Balaban J connectivity index is 1.30. The van der Waals surface area contributed by atoms with E-state index in [1.165, 1.54) is 22.2 Å². The molecule has 0 radical (unpaired) electrons. The first kappa shape index (κ1) is 26.2. The number of hydrogen-bond acceptors (Lipinski definition) is 7. The zero-order valence-corrected chi connectivity index (χ0v) is 23.2. The van der Waals surface area contributed by atoms with Gasteiger partial charge in [0.2, 0.25) is 0 Å². The number of fused-ring (bicyclic) bond motifs is 1. The van der Waals surface area contributed by atoms with Crippen molar-refractivity contribution in [1.29, 1.82) is 0 Å². The van der Waals surface area contributed by atoms with Crippen molar-refractivity contribution in [2.24, 2.45) is 0 Å². The smallest absolute Gasteiger partial charge is 0.267 e. The number of rotatable bonds is 6. The number of halogens is 1. The van der Waals surface area contributed by atoms with Crippen LogP contribution in [0.25, 0.3) is 11.7 Å². The van der Waals surface area contributed by atoms with E-state index in [1.807, 2.05) is 52.3 Å². The number of nitrogens with zero attached hydrogens (tertiary/aromatic N) is 5. The van der Waals surface area contributed by atoms with Crippen molar-refractivity contribution in [3.8, 4) is 0 Å².